The van der Waals surface area contributed by atoms with E-state index in [9.17, 15) is 4.79 Å². The molecule has 108 valence electrons. The smallest absolute Gasteiger partial charge is 0.236 e. The molecular formula is C14H26N4O. The van der Waals surface area contributed by atoms with Crippen molar-refractivity contribution in [3.63, 3.8) is 0 Å². The van der Waals surface area contributed by atoms with E-state index in [4.69, 9.17) is 0 Å². The molecule has 5 nitrogen and oxygen atoms in total. The molecule has 2 aliphatic heterocycles. The van der Waals surface area contributed by atoms with Gasteiger partial charge >= 0.3 is 0 Å². The van der Waals surface area contributed by atoms with Crippen molar-refractivity contribution in [2.45, 2.75) is 25.3 Å². The zero-order chi connectivity index (χ0) is 13.1. The number of hydrogen-bond acceptors (Lipinski definition) is 4. The fourth-order valence-corrected chi connectivity index (χ4v) is 3.11. The van der Waals surface area contributed by atoms with Crippen LogP contribution in [0.15, 0.2) is 0 Å². The number of hydrogen-bond donors (Lipinski definition) is 1. The highest BCUT2D eigenvalue weighted by molar-refractivity contribution is 5.78. The number of carbonyl (C=O) groups is 1. The van der Waals surface area contributed by atoms with Crippen molar-refractivity contribution in [2.75, 3.05) is 58.9 Å². The molecule has 0 unspecified atom stereocenters. The molecule has 0 aromatic carbocycles. The number of carbonyl (C=O) groups excluding carboxylic acids is 1. The summed E-state index contributed by atoms with van der Waals surface area (Å²) >= 11 is 0. The van der Waals surface area contributed by atoms with Crippen LogP contribution in [0.1, 0.15) is 19.3 Å². The van der Waals surface area contributed by atoms with Gasteiger partial charge in [-0.25, -0.2) is 0 Å². The predicted octanol–water partition coefficient (Wildman–Crippen LogP) is -0.412. The van der Waals surface area contributed by atoms with Crippen LogP contribution in [-0.4, -0.2) is 85.6 Å². The molecule has 3 aliphatic rings. The van der Waals surface area contributed by atoms with E-state index in [1.54, 1.807) is 0 Å². The molecule has 0 aromatic heterocycles. The van der Waals surface area contributed by atoms with Crippen LogP contribution in [0.25, 0.3) is 0 Å². The molecule has 2 saturated heterocycles. The van der Waals surface area contributed by atoms with Crippen LogP contribution in [0, 0.1) is 0 Å². The molecule has 0 aromatic rings. The second-order valence-corrected chi connectivity index (χ2v) is 6.03. The van der Waals surface area contributed by atoms with E-state index in [-0.39, 0.29) is 0 Å². The minimum Gasteiger partial charge on any atom is -0.340 e. The average molecular weight is 266 g/mol. The van der Waals surface area contributed by atoms with Crippen molar-refractivity contribution in [3.05, 3.63) is 0 Å². The number of nitrogens with one attached hydrogen (secondary N) is 1. The molecular weight excluding hydrogens is 240 g/mol. The third kappa shape index (κ3) is 3.68. The lowest BCUT2D eigenvalue weighted by Crippen LogP contribution is -2.50. The topological polar surface area (TPSA) is 38.8 Å². The molecule has 0 bridgehead atoms. The maximum atomic E-state index is 12.3. The monoisotopic (exact) mass is 266 g/mol. The highest BCUT2D eigenvalue weighted by atomic mass is 16.2. The van der Waals surface area contributed by atoms with E-state index >= 15 is 0 Å². The fraction of sp³-hybridized carbons (Fsp3) is 0.929. The van der Waals surface area contributed by atoms with E-state index in [0.29, 0.717) is 12.5 Å². The summed E-state index contributed by atoms with van der Waals surface area (Å²) in [6.45, 7) is 8.85. The van der Waals surface area contributed by atoms with E-state index in [1.165, 1.54) is 12.8 Å². The van der Waals surface area contributed by atoms with E-state index in [0.717, 1.165) is 64.8 Å². The van der Waals surface area contributed by atoms with Crippen LogP contribution in [0.2, 0.25) is 0 Å². The highest BCUT2D eigenvalue weighted by Crippen LogP contribution is 2.27. The third-order valence-electron chi connectivity index (χ3n) is 4.52. The standard InChI is InChI=1S/C14H26N4O/c19-14(18-6-1-4-15-5-7-18)12-16-8-10-17(11-9-16)13-2-3-13/h13,15H,1-12H2. The summed E-state index contributed by atoms with van der Waals surface area (Å²) in [5.41, 5.74) is 0. The summed E-state index contributed by atoms with van der Waals surface area (Å²) in [5.74, 6) is 0.323. The van der Waals surface area contributed by atoms with Gasteiger partial charge in [-0.05, 0) is 25.8 Å². The Morgan fingerprint density at radius 1 is 1.00 bits per heavy atom. The second kappa shape index (κ2) is 6.20. The first-order chi connectivity index (χ1) is 9.33. The van der Waals surface area contributed by atoms with Gasteiger partial charge in [-0.15, -0.1) is 0 Å². The number of rotatable bonds is 3. The Balaban J connectivity index is 1.41. The summed E-state index contributed by atoms with van der Waals surface area (Å²) in [6.07, 6.45) is 3.86. The second-order valence-electron chi connectivity index (χ2n) is 6.03. The van der Waals surface area contributed by atoms with Crippen molar-refractivity contribution in [3.8, 4) is 0 Å². The summed E-state index contributed by atoms with van der Waals surface area (Å²) in [4.78, 5) is 19.3. The van der Waals surface area contributed by atoms with Crippen LogP contribution >= 0.6 is 0 Å². The van der Waals surface area contributed by atoms with Crippen LogP contribution in [-0.2, 0) is 4.79 Å². The highest BCUT2D eigenvalue weighted by Gasteiger charge is 2.31. The molecule has 1 amide bonds. The summed E-state index contributed by atoms with van der Waals surface area (Å²) in [6, 6.07) is 0.870. The zero-order valence-electron chi connectivity index (χ0n) is 11.8. The maximum absolute atomic E-state index is 12.3. The van der Waals surface area contributed by atoms with E-state index in [2.05, 4.69) is 15.1 Å². The number of nitrogens with zero attached hydrogens (tertiary/aromatic N) is 3. The first kappa shape index (κ1) is 13.3. The van der Waals surface area contributed by atoms with Crippen molar-refractivity contribution >= 4 is 5.91 Å². The van der Waals surface area contributed by atoms with Gasteiger partial charge in [0.05, 0.1) is 6.54 Å². The minimum absolute atomic E-state index is 0.323. The molecule has 1 N–H and O–H groups in total. The van der Waals surface area contributed by atoms with Gasteiger partial charge in [0, 0.05) is 51.9 Å². The van der Waals surface area contributed by atoms with Crippen molar-refractivity contribution in [1.29, 1.82) is 0 Å². The molecule has 2 heterocycles. The number of piperazine rings is 1. The Bertz CT molecular complexity index is 303. The van der Waals surface area contributed by atoms with Gasteiger partial charge in [-0.1, -0.05) is 0 Å². The van der Waals surface area contributed by atoms with Crippen molar-refractivity contribution in [1.82, 2.24) is 20.0 Å². The molecule has 3 rings (SSSR count). The maximum Gasteiger partial charge on any atom is 0.236 e. The molecule has 1 saturated carbocycles. The zero-order valence-corrected chi connectivity index (χ0v) is 11.8. The average Bonchev–Trinajstić information content (AvgIpc) is 3.26. The SMILES string of the molecule is O=C(CN1CCN(C2CC2)CC1)N1CCCNCC1. The lowest BCUT2D eigenvalue weighted by molar-refractivity contribution is -0.132. The fourth-order valence-electron chi connectivity index (χ4n) is 3.11. The van der Waals surface area contributed by atoms with E-state index in [1.807, 2.05) is 4.90 Å². The lowest BCUT2D eigenvalue weighted by atomic mass is 10.3. The molecule has 5 heteroatoms. The summed E-state index contributed by atoms with van der Waals surface area (Å²) in [7, 11) is 0. The molecule has 0 spiro atoms. The van der Waals surface area contributed by atoms with Gasteiger partial charge in [-0.3, -0.25) is 14.6 Å². The molecule has 0 atom stereocenters. The van der Waals surface area contributed by atoms with Crippen LogP contribution < -0.4 is 5.32 Å². The molecule has 1 aliphatic carbocycles. The predicted molar refractivity (Wildman–Crippen MR) is 75.1 cm³/mol. The Hall–Kier alpha value is -0.650. The third-order valence-corrected chi connectivity index (χ3v) is 4.52. The first-order valence-electron chi connectivity index (χ1n) is 7.78. The van der Waals surface area contributed by atoms with Crippen molar-refractivity contribution < 1.29 is 4.79 Å². The Morgan fingerprint density at radius 2 is 1.79 bits per heavy atom. The number of amides is 1. The van der Waals surface area contributed by atoms with Gasteiger partial charge in [0.15, 0.2) is 0 Å². The molecule has 19 heavy (non-hydrogen) atoms. The van der Waals surface area contributed by atoms with Gasteiger partial charge in [0.25, 0.3) is 0 Å². The lowest BCUT2D eigenvalue weighted by Gasteiger charge is -2.35. The quantitative estimate of drug-likeness (QED) is 0.754. The first-order valence-corrected chi connectivity index (χ1v) is 7.78. The summed E-state index contributed by atoms with van der Waals surface area (Å²) in [5, 5.41) is 3.35. The van der Waals surface area contributed by atoms with E-state index < -0.39 is 0 Å². The normalized spacial score (nSPS) is 27.3. The molecule has 3 fully saturated rings. The van der Waals surface area contributed by atoms with Crippen LogP contribution in [0.4, 0.5) is 0 Å². The van der Waals surface area contributed by atoms with Gasteiger partial charge < -0.3 is 10.2 Å². The summed E-state index contributed by atoms with van der Waals surface area (Å²) < 4.78 is 0. The van der Waals surface area contributed by atoms with Crippen molar-refractivity contribution in [2.24, 2.45) is 0 Å². The van der Waals surface area contributed by atoms with Crippen LogP contribution in [0.5, 0.6) is 0 Å². The van der Waals surface area contributed by atoms with Gasteiger partial charge in [-0.2, -0.15) is 0 Å². The largest absolute Gasteiger partial charge is 0.340 e. The van der Waals surface area contributed by atoms with Gasteiger partial charge in [0.2, 0.25) is 5.91 Å². The van der Waals surface area contributed by atoms with Gasteiger partial charge in [0.1, 0.15) is 0 Å². The molecule has 0 radical (unpaired) electrons. The van der Waals surface area contributed by atoms with Crippen LogP contribution in [0.3, 0.4) is 0 Å². The Labute approximate surface area is 115 Å². The Kier molecular flexibility index (Phi) is 4.35. The minimum atomic E-state index is 0.323. The Morgan fingerprint density at radius 3 is 2.53 bits per heavy atom.